The van der Waals surface area contributed by atoms with Gasteiger partial charge in [-0.05, 0) is 38.0 Å². The van der Waals surface area contributed by atoms with E-state index in [-0.39, 0.29) is 37.2 Å². The van der Waals surface area contributed by atoms with Crippen molar-refractivity contribution in [3.8, 4) is 0 Å². The van der Waals surface area contributed by atoms with E-state index in [1.807, 2.05) is 19.9 Å². The number of carboxylic acid groups (broad SMARTS) is 1. The predicted molar refractivity (Wildman–Crippen MR) is 87.3 cm³/mol. The molecule has 6 nitrogen and oxygen atoms in total. The number of carbonyl (C=O) groups is 3. The Kier molecular flexibility index (Phi) is 7.25. The summed E-state index contributed by atoms with van der Waals surface area (Å²) >= 11 is 0. The Hall–Kier alpha value is -2.37. The van der Waals surface area contributed by atoms with Gasteiger partial charge in [0, 0.05) is 31.6 Å². The lowest BCUT2D eigenvalue weighted by Crippen LogP contribution is -2.38. The molecule has 0 aliphatic carbocycles. The molecule has 6 heteroatoms. The summed E-state index contributed by atoms with van der Waals surface area (Å²) in [7, 11) is 1.57. The van der Waals surface area contributed by atoms with Crippen molar-refractivity contribution in [1.82, 2.24) is 10.2 Å². The second-order valence-corrected chi connectivity index (χ2v) is 5.60. The molecule has 0 fully saturated rings. The zero-order valence-electron chi connectivity index (χ0n) is 13.8. The Balaban J connectivity index is 2.66. The van der Waals surface area contributed by atoms with Gasteiger partial charge in [-0.25, -0.2) is 0 Å². The Bertz CT molecular complexity index is 569. The Morgan fingerprint density at radius 3 is 2.48 bits per heavy atom. The number of rotatable bonds is 8. The van der Waals surface area contributed by atoms with Gasteiger partial charge in [-0.15, -0.1) is 0 Å². The van der Waals surface area contributed by atoms with E-state index < -0.39 is 5.97 Å². The number of aliphatic carboxylic acids is 1. The van der Waals surface area contributed by atoms with Gasteiger partial charge in [0.25, 0.3) is 5.91 Å². The Labute approximate surface area is 136 Å². The number of nitrogens with one attached hydrogen (secondary N) is 1. The quantitative estimate of drug-likeness (QED) is 0.763. The van der Waals surface area contributed by atoms with Crippen molar-refractivity contribution in [2.45, 2.75) is 39.2 Å². The smallest absolute Gasteiger partial charge is 0.305 e. The fourth-order valence-corrected chi connectivity index (χ4v) is 2.29. The third-order valence-electron chi connectivity index (χ3n) is 3.55. The van der Waals surface area contributed by atoms with Crippen LogP contribution in [-0.2, 0) is 16.0 Å². The summed E-state index contributed by atoms with van der Waals surface area (Å²) in [6.07, 6.45) is 0.741. The molecule has 1 rings (SSSR count). The average Bonchev–Trinajstić information content (AvgIpc) is 2.52. The van der Waals surface area contributed by atoms with E-state index in [4.69, 9.17) is 5.11 Å². The zero-order chi connectivity index (χ0) is 17.4. The number of amides is 2. The third-order valence-corrected chi connectivity index (χ3v) is 3.55. The summed E-state index contributed by atoms with van der Waals surface area (Å²) in [6.45, 7) is 3.95. The van der Waals surface area contributed by atoms with Crippen LogP contribution in [0.1, 0.15) is 42.6 Å². The molecule has 2 amide bonds. The molecule has 126 valence electrons. The summed E-state index contributed by atoms with van der Waals surface area (Å²) in [5, 5.41) is 11.3. The first kappa shape index (κ1) is 18.7. The molecule has 0 atom stereocenters. The molecular formula is C17H24N2O4. The molecule has 0 aromatic heterocycles. The second-order valence-electron chi connectivity index (χ2n) is 5.60. The molecule has 0 saturated heterocycles. The minimum absolute atomic E-state index is 0.0425. The molecule has 1 aromatic rings. The summed E-state index contributed by atoms with van der Waals surface area (Å²) in [6, 6.07) is 7.10. The van der Waals surface area contributed by atoms with E-state index in [0.717, 1.165) is 5.56 Å². The highest BCUT2D eigenvalue weighted by Crippen LogP contribution is 2.10. The molecule has 0 spiro atoms. The van der Waals surface area contributed by atoms with Crippen molar-refractivity contribution in [2.75, 3.05) is 13.6 Å². The summed E-state index contributed by atoms with van der Waals surface area (Å²) in [5.74, 6) is -1.16. The number of carboxylic acids is 1. The van der Waals surface area contributed by atoms with Crippen molar-refractivity contribution in [3.05, 3.63) is 35.4 Å². The van der Waals surface area contributed by atoms with Crippen molar-refractivity contribution in [1.29, 1.82) is 0 Å². The largest absolute Gasteiger partial charge is 0.481 e. The maximum absolute atomic E-state index is 12.3. The number of aryl methyl sites for hydroxylation is 1. The Morgan fingerprint density at radius 1 is 1.22 bits per heavy atom. The topological polar surface area (TPSA) is 86.7 Å². The molecule has 1 aromatic carbocycles. The van der Waals surface area contributed by atoms with Crippen molar-refractivity contribution >= 4 is 17.8 Å². The molecular weight excluding hydrogens is 296 g/mol. The van der Waals surface area contributed by atoms with Crippen LogP contribution in [0.25, 0.3) is 0 Å². The molecule has 0 aliphatic heterocycles. The highest BCUT2D eigenvalue weighted by atomic mass is 16.4. The maximum atomic E-state index is 12.3. The van der Waals surface area contributed by atoms with E-state index in [1.54, 1.807) is 30.1 Å². The first-order valence-electron chi connectivity index (χ1n) is 7.67. The molecule has 0 unspecified atom stereocenters. The van der Waals surface area contributed by atoms with Crippen LogP contribution in [0, 0.1) is 0 Å². The van der Waals surface area contributed by atoms with Crippen LogP contribution in [0.2, 0.25) is 0 Å². The molecule has 0 heterocycles. The molecule has 2 N–H and O–H groups in total. The standard InChI is InChI=1S/C17H24N2O4/c1-12(2)19(10-9-16(21)22)15(20)8-7-13-5-4-6-14(11-13)17(23)18-3/h4-6,11-12H,7-10H2,1-3H3,(H,18,23)(H,21,22). The van der Waals surface area contributed by atoms with E-state index >= 15 is 0 Å². The summed E-state index contributed by atoms with van der Waals surface area (Å²) in [4.78, 5) is 36.2. The highest BCUT2D eigenvalue weighted by molar-refractivity contribution is 5.94. The van der Waals surface area contributed by atoms with Gasteiger partial charge in [-0.3, -0.25) is 14.4 Å². The minimum atomic E-state index is -0.915. The van der Waals surface area contributed by atoms with E-state index in [9.17, 15) is 14.4 Å². The van der Waals surface area contributed by atoms with Crippen LogP contribution in [0.3, 0.4) is 0 Å². The van der Waals surface area contributed by atoms with Crippen LogP contribution in [0.15, 0.2) is 24.3 Å². The molecule has 0 aliphatic rings. The predicted octanol–water partition coefficient (Wildman–Crippen LogP) is 1.69. The Morgan fingerprint density at radius 2 is 1.91 bits per heavy atom. The molecule has 0 bridgehead atoms. The lowest BCUT2D eigenvalue weighted by Gasteiger charge is -2.26. The van der Waals surface area contributed by atoms with Crippen molar-refractivity contribution in [2.24, 2.45) is 0 Å². The van der Waals surface area contributed by atoms with Crippen LogP contribution in [0.4, 0.5) is 0 Å². The first-order chi connectivity index (χ1) is 10.8. The third kappa shape index (κ3) is 6.10. The van der Waals surface area contributed by atoms with E-state index in [2.05, 4.69) is 5.32 Å². The monoisotopic (exact) mass is 320 g/mol. The molecule has 23 heavy (non-hydrogen) atoms. The highest BCUT2D eigenvalue weighted by Gasteiger charge is 2.17. The minimum Gasteiger partial charge on any atom is -0.481 e. The van der Waals surface area contributed by atoms with Crippen LogP contribution >= 0.6 is 0 Å². The lowest BCUT2D eigenvalue weighted by molar-refractivity contribution is -0.139. The van der Waals surface area contributed by atoms with E-state index in [1.165, 1.54) is 0 Å². The fraction of sp³-hybridized carbons (Fsp3) is 0.471. The van der Waals surface area contributed by atoms with Crippen molar-refractivity contribution in [3.63, 3.8) is 0 Å². The summed E-state index contributed by atoms with van der Waals surface area (Å²) in [5.41, 5.74) is 1.46. The second kappa shape index (κ2) is 8.92. The van der Waals surface area contributed by atoms with Gasteiger partial charge in [0.2, 0.25) is 5.91 Å². The van der Waals surface area contributed by atoms with Crippen LogP contribution < -0.4 is 5.32 Å². The maximum Gasteiger partial charge on any atom is 0.305 e. The van der Waals surface area contributed by atoms with Crippen molar-refractivity contribution < 1.29 is 19.5 Å². The van der Waals surface area contributed by atoms with Crippen LogP contribution in [0.5, 0.6) is 0 Å². The normalized spacial score (nSPS) is 10.4. The number of hydrogen-bond acceptors (Lipinski definition) is 3. The van der Waals surface area contributed by atoms with Gasteiger partial charge in [-0.1, -0.05) is 12.1 Å². The lowest BCUT2D eigenvalue weighted by atomic mass is 10.1. The van der Waals surface area contributed by atoms with Gasteiger partial charge >= 0.3 is 5.97 Å². The molecule has 0 saturated carbocycles. The zero-order valence-corrected chi connectivity index (χ0v) is 13.8. The fourth-order valence-electron chi connectivity index (χ4n) is 2.29. The first-order valence-corrected chi connectivity index (χ1v) is 7.67. The SMILES string of the molecule is CNC(=O)c1cccc(CCC(=O)N(CCC(=O)O)C(C)C)c1. The van der Waals surface area contributed by atoms with E-state index in [0.29, 0.717) is 12.0 Å². The number of benzene rings is 1. The molecule has 0 radical (unpaired) electrons. The average molecular weight is 320 g/mol. The number of carbonyl (C=O) groups excluding carboxylic acids is 2. The van der Waals surface area contributed by atoms with Gasteiger partial charge < -0.3 is 15.3 Å². The van der Waals surface area contributed by atoms with Gasteiger partial charge in [0.15, 0.2) is 0 Å². The van der Waals surface area contributed by atoms with Gasteiger partial charge in [-0.2, -0.15) is 0 Å². The summed E-state index contributed by atoms with van der Waals surface area (Å²) < 4.78 is 0. The van der Waals surface area contributed by atoms with Gasteiger partial charge in [0.1, 0.15) is 0 Å². The number of nitrogens with zero attached hydrogens (tertiary/aromatic N) is 1. The van der Waals surface area contributed by atoms with Crippen LogP contribution in [-0.4, -0.2) is 47.4 Å². The van der Waals surface area contributed by atoms with Gasteiger partial charge in [0.05, 0.1) is 6.42 Å². The number of hydrogen-bond donors (Lipinski definition) is 2.